The number of carbonyl (C=O) groups excluding carboxylic acids is 1. The van der Waals surface area contributed by atoms with Gasteiger partial charge in [0.15, 0.2) is 0 Å². The predicted molar refractivity (Wildman–Crippen MR) is 127 cm³/mol. The first-order valence-electron chi connectivity index (χ1n) is 11.3. The van der Waals surface area contributed by atoms with Crippen LogP contribution in [-0.2, 0) is 13.1 Å². The fourth-order valence-electron chi connectivity index (χ4n) is 3.94. The highest BCUT2D eigenvalue weighted by molar-refractivity contribution is 5.94. The molecule has 32 heavy (non-hydrogen) atoms. The molecule has 0 fully saturated rings. The average molecular weight is 427 g/mol. The van der Waals surface area contributed by atoms with E-state index in [1.165, 1.54) is 6.42 Å². The minimum absolute atomic E-state index is 0.00373. The molecule has 4 heteroatoms. The molecule has 164 valence electrons. The van der Waals surface area contributed by atoms with Crippen LogP contribution in [0.15, 0.2) is 85.1 Å². The fourth-order valence-corrected chi connectivity index (χ4v) is 3.94. The van der Waals surface area contributed by atoms with Gasteiger partial charge in [-0.25, -0.2) is 0 Å². The van der Waals surface area contributed by atoms with Crippen molar-refractivity contribution < 1.29 is 9.53 Å². The molecule has 2 aromatic carbocycles. The molecule has 0 radical (unpaired) electrons. The topological polar surface area (TPSA) is 42.4 Å². The van der Waals surface area contributed by atoms with Gasteiger partial charge in [-0.15, -0.1) is 0 Å². The first-order valence-corrected chi connectivity index (χ1v) is 11.3. The van der Waals surface area contributed by atoms with Gasteiger partial charge in [0, 0.05) is 18.3 Å². The zero-order valence-corrected chi connectivity index (χ0v) is 18.6. The number of nitrogens with zero attached hydrogens (tertiary/aromatic N) is 2. The average Bonchev–Trinajstić information content (AvgIpc) is 2.84. The van der Waals surface area contributed by atoms with Gasteiger partial charge in [0.1, 0.15) is 5.75 Å². The number of hydrogen-bond donors (Lipinski definition) is 0. The lowest BCUT2D eigenvalue weighted by atomic mass is 9.95. The van der Waals surface area contributed by atoms with Gasteiger partial charge in [-0.05, 0) is 74.1 Å². The molecule has 4 rings (SSSR count). The molecule has 0 saturated carbocycles. The van der Waals surface area contributed by atoms with Crippen molar-refractivity contribution in [2.75, 3.05) is 6.61 Å². The number of carbonyl (C=O) groups is 1. The minimum Gasteiger partial charge on any atom is -0.493 e. The molecule has 0 saturated heterocycles. The second kappa shape index (κ2) is 10.8. The summed E-state index contributed by atoms with van der Waals surface area (Å²) >= 11 is 0. The van der Waals surface area contributed by atoms with Crippen LogP contribution < -0.4 is 4.74 Å². The molecule has 0 spiro atoms. The summed E-state index contributed by atoms with van der Waals surface area (Å²) in [4.78, 5) is 19.6. The van der Waals surface area contributed by atoms with E-state index in [0.29, 0.717) is 24.6 Å². The Morgan fingerprint density at radius 3 is 2.66 bits per heavy atom. The number of hydrogen-bond acceptors (Lipinski definition) is 3. The Kier molecular flexibility index (Phi) is 7.34. The van der Waals surface area contributed by atoms with E-state index in [2.05, 4.69) is 17.1 Å². The summed E-state index contributed by atoms with van der Waals surface area (Å²) in [7, 11) is 0. The van der Waals surface area contributed by atoms with E-state index in [4.69, 9.17) is 4.74 Å². The van der Waals surface area contributed by atoms with Crippen molar-refractivity contribution in [3.8, 4) is 5.75 Å². The summed E-state index contributed by atoms with van der Waals surface area (Å²) in [5, 5.41) is 0. The third-order valence-electron chi connectivity index (χ3n) is 5.80. The zero-order chi connectivity index (χ0) is 22.2. The van der Waals surface area contributed by atoms with Crippen LogP contribution in [0.4, 0.5) is 0 Å². The molecule has 0 aliphatic heterocycles. The molecular formula is C28H30N2O2. The van der Waals surface area contributed by atoms with Crippen LogP contribution in [0.3, 0.4) is 0 Å². The third-order valence-corrected chi connectivity index (χ3v) is 5.80. The largest absolute Gasteiger partial charge is 0.493 e. The molecule has 3 aromatic rings. The Labute approximate surface area is 190 Å². The van der Waals surface area contributed by atoms with Gasteiger partial charge in [0.2, 0.25) is 0 Å². The van der Waals surface area contributed by atoms with Gasteiger partial charge in [-0.2, -0.15) is 0 Å². The smallest absolute Gasteiger partial charge is 0.254 e. The van der Waals surface area contributed by atoms with Crippen LogP contribution in [0.1, 0.15) is 46.4 Å². The number of pyridine rings is 1. The first-order chi connectivity index (χ1) is 15.7. The fraction of sp³-hybridized carbons (Fsp3) is 0.286. The predicted octanol–water partition coefficient (Wildman–Crippen LogP) is 5.97. The van der Waals surface area contributed by atoms with Gasteiger partial charge in [-0.1, -0.05) is 48.0 Å². The summed E-state index contributed by atoms with van der Waals surface area (Å²) in [5.41, 5.74) is 3.73. The molecule has 0 unspecified atom stereocenters. The van der Waals surface area contributed by atoms with E-state index in [-0.39, 0.29) is 5.91 Å². The van der Waals surface area contributed by atoms with E-state index in [1.54, 1.807) is 6.20 Å². The first kappa shape index (κ1) is 21.8. The van der Waals surface area contributed by atoms with Gasteiger partial charge >= 0.3 is 0 Å². The molecule has 1 atom stereocenters. The lowest BCUT2D eigenvalue weighted by Gasteiger charge is -2.23. The normalized spacial score (nSPS) is 15.3. The Morgan fingerprint density at radius 2 is 1.91 bits per heavy atom. The molecule has 0 N–H and O–H groups in total. The Bertz CT molecular complexity index is 1040. The lowest BCUT2D eigenvalue weighted by molar-refractivity contribution is 0.0727. The van der Waals surface area contributed by atoms with E-state index >= 15 is 0 Å². The lowest BCUT2D eigenvalue weighted by Crippen LogP contribution is -2.30. The maximum absolute atomic E-state index is 13.3. The van der Waals surface area contributed by atoms with Crippen LogP contribution in [0.5, 0.6) is 5.75 Å². The van der Waals surface area contributed by atoms with Crippen molar-refractivity contribution in [1.29, 1.82) is 0 Å². The number of benzene rings is 2. The minimum atomic E-state index is -0.00373. The summed E-state index contributed by atoms with van der Waals surface area (Å²) in [5.74, 6) is 1.43. The number of allylic oxidation sites excluding steroid dienone is 2. The Balaban J connectivity index is 1.49. The Hall–Kier alpha value is -3.40. The number of rotatable bonds is 8. The molecule has 1 heterocycles. The van der Waals surface area contributed by atoms with Crippen LogP contribution in [-0.4, -0.2) is 22.4 Å². The quantitative estimate of drug-likeness (QED) is 0.417. The second-order valence-corrected chi connectivity index (χ2v) is 8.46. The van der Waals surface area contributed by atoms with E-state index < -0.39 is 0 Å². The van der Waals surface area contributed by atoms with E-state index in [1.807, 2.05) is 78.6 Å². The van der Waals surface area contributed by atoms with Crippen molar-refractivity contribution in [2.24, 2.45) is 5.92 Å². The standard InChI is InChI=1S/C28H30N2O2/c1-22-13-15-25(16-14-22)28(31)30(20-26-11-5-6-17-29-26)19-24-10-7-12-27(18-24)32-21-23-8-3-2-4-9-23/h2-3,5-7,10-18,23H,4,8-9,19-21H2,1H3/t23-/m0/s1. The SMILES string of the molecule is Cc1ccc(C(=O)N(Cc2cccc(OC[C@H]3CC=CCC3)c2)Cc2ccccn2)cc1. The molecule has 1 amide bonds. The number of aromatic nitrogens is 1. The van der Waals surface area contributed by atoms with Crippen molar-refractivity contribution in [1.82, 2.24) is 9.88 Å². The number of amides is 1. The van der Waals surface area contributed by atoms with Gasteiger partial charge in [0.25, 0.3) is 5.91 Å². The summed E-state index contributed by atoms with van der Waals surface area (Å²) in [6.07, 6.45) is 9.66. The highest BCUT2D eigenvalue weighted by Gasteiger charge is 2.18. The Morgan fingerprint density at radius 1 is 1.03 bits per heavy atom. The molecular weight excluding hydrogens is 396 g/mol. The van der Waals surface area contributed by atoms with Crippen LogP contribution in [0, 0.1) is 12.8 Å². The summed E-state index contributed by atoms with van der Waals surface area (Å²) < 4.78 is 6.09. The van der Waals surface area contributed by atoms with Crippen LogP contribution >= 0.6 is 0 Å². The van der Waals surface area contributed by atoms with Gasteiger partial charge < -0.3 is 9.64 Å². The maximum atomic E-state index is 13.3. The van der Waals surface area contributed by atoms with E-state index in [0.717, 1.165) is 42.0 Å². The molecule has 0 bridgehead atoms. The van der Waals surface area contributed by atoms with Gasteiger partial charge in [0.05, 0.1) is 18.8 Å². The summed E-state index contributed by atoms with van der Waals surface area (Å²) in [6, 6.07) is 21.6. The number of aryl methyl sites for hydroxylation is 1. The molecule has 1 aliphatic rings. The maximum Gasteiger partial charge on any atom is 0.254 e. The monoisotopic (exact) mass is 426 g/mol. The second-order valence-electron chi connectivity index (χ2n) is 8.46. The highest BCUT2D eigenvalue weighted by Crippen LogP contribution is 2.22. The molecule has 1 aromatic heterocycles. The van der Waals surface area contributed by atoms with Gasteiger partial charge in [-0.3, -0.25) is 9.78 Å². The third kappa shape index (κ3) is 6.07. The highest BCUT2D eigenvalue weighted by atomic mass is 16.5. The van der Waals surface area contributed by atoms with Crippen molar-refractivity contribution in [3.63, 3.8) is 0 Å². The van der Waals surface area contributed by atoms with Crippen molar-refractivity contribution >= 4 is 5.91 Å². The zero-order valence-electron chi connectivity index (χ0n) is 18.6. The molecule has 4 nitrogen and oxygen atoms in total. The van der Waals surface area contributed by atoms with Crippen molar-refractivity contribution in [2.45, 2.75) is 39.3 Å². The van der Waals surface area contributed by atoms with E-state index in [9.17, 15) is 4.79 Å². The molecule has 1 aliphatic carbocycles. The van der Waals surface area contributed by atoms with Crippen LogP contribution in [0.2, 0.25) is 0 Å². The number of ether oxygens (including phenoxy) is 1. The van der Waals surface area contributed by atoms with Crippen LogP contribution in [0.25, 0.3) is 0 Å². The summed E-state index contributed by atoms with van der Waals surface area (Å²) in [6.45, 7) is 3.70. The van der Waals surface area contributed by atoms with Crippen molar-refractivity contribution in [3.05, 3.63) is 107 Å².